The molecule has 2 N–H and O–H groups in total. The van der Waals surface area contributed by atoms with Crippen LogP contribution in [0.2, 0.25) is 0 Å². The molecule has 0 aliphatic carbocycles. The summed E-state index contributed by atoms with van der Waals surface area (Å²) in [6.07, 6.45) is 0.809. The van der Waals surface area contributed by atoms with Crippen molar-refractivity contribution in [1.29, 1.82) is 0 Å². The second-order valence-electron chi connectivity index (χ2n) is 5.56. The van der Waals surface area contributed by atoms with Gasteiger partial charge in [0.25, 0.3) is 0 Å². The van der Waals surface area contributed by atoms with Crippen LogP contribution in [0, 0.1) is 0 Å². The van der Waals surface area contributed by atoms with Crippen molar-refractivity contribution >= 4 is 30.9 Å². The van der Waals surface area contributed by atoms with Crippen molar-refractivity contribution in [1.82, 2.24) is 9.76 Å². The zero-order chi connectivity index (χ0) is 17.4. The Morgan fingerprint density at radius 3 is 2.54 bits per heavy atom. The van der Waals surface area contributed by atoms with Crippen LogP contribution in [0.25, 0.3) is 0 Å². The number of nitrogens with zero attached hydrogens (tertiary/aromatic N) is 1. The Morgan fingerprint density at radius 2 is 1.96 bits per heavy atom. The summed E-state index contributed by atoms with van der Waals surface area (Å²) in [5.41, 5.74) is 1.18. The lowest BCUT2D eigenvalue weighted by Gasteiger charge is -2.39. The van der Waals surface area contributed by atoms with Gasteiger partial charge in [-0.3, -0.25) is 9.82 Å². The van der Waals surface area contributed by atoms with Crippen LogP contribution in [-0.4, -0.2) is 47.1 Å². The molecule has 0 radical (unpaired) electrons. The molecule has 1 aromatic carbocycles. The summed E-state index contributed by atoms with van der Waals surface area (Å²) in [5, 5.41) is 11.8. The molecule has 2 rings (SSSR count). The fourth-order valence-electron chi connectivity index (χ4n) is 2.68. The van der Waals surface area contributed by atoms with Crippen molar-refractivity contribution in [2.45, 2.75) is 31.6 Å². The van der Waals surface area contributed by atoms with Crippen molar-refractivity contribution in [2.24, 2.45) is 0 Å². The summed E-state index contributed by atoms with van der Waals surface area (Å²) in [7, 11) is -3.38. The fraction of sp³-hybridized carbons (Fsp3) is 0.600. The average Bonchev–Trinajstić information content (AvgIpc) is 2.60. The summed E-state index contributed by atoms with van der Waals surface area (Å²) in [6, 6.07) is 9.99. The van der Waals surface area contributed by atoms with E-state index in [2.05, 4.69) is 9.97 Å². The van der Waals surface area contributed by atoms with Gasteiger partial charge in [-0.2, -0.15) is 0 Å². The highest BCUT2D eigenvalue weighted by molar-refractivity contribution is 7.54. The lowest BCUT2D eigenvalue weighted by Crippen LogP contribution is -2.45. The Kier molecular flexibility index (Phi) is 8.47. The molecule has 1 aliphatic heterocycles. The molecular weight excluding hydrogens is 374 g/mol. The second kappa shape index (κ2) is 10.1. The van der Waals surface area contributed by atoms with Gasteiger partial charge in [0.1, 0.15) is 0 Å². The highest BCUT2D eigenvalue weighted by atomic mass is 35.5. The first-order chi connectivity index (χ1) is 11.6. The third kappa shape index (κ3) is 5.68. The van der Waals surface area contributed by atoms with E-state index in [-0.39, 0.29) is 6.10 Å². The van der Waals surface area contributed by atoms with Gasteiger partial charge in [0.15, 0.2) is 6.23 Å². The van der Waals surface area contributed by atoms with E-state index < -0.39 is 13.9 Å². The van der Waals surface area contributed by atoms with E-state index in [1.54, 1.807) is 4.67 Å². The Morgan fingerprint density at radius 1 is 1.29 bits per heavy atom. The van der Waals surface area contributed by atoms with Crippen LogP contribution in [0.5, 0.6) is 0 Å². The fourth-order valence-corrected chi connectivity index (χ4v) is 5.52. The quantitative estimate of drug-likeness (QED) is 0.287. The first-order valence-electron chi connectivity index (χ1n) is 7.89. The summed E-state index contributed by atoms with van der Waals surface area (Å²) in [5.74, 6) is 0.594. The van der Waals surface area contributed by atoms with E-state index in [0.29, 0.717) is 37.7 Å². The van der Waals surface area contributed by atoms with Crippen molar-refractivity contribution in [3.05, 3.63) is 35.9 Å². The Balaban J connectivity index is 2.05. The largest absolute Gasteiger partial charge is 0.345 e. The Labute approximate surface area is 152 Å². The maximum Gasteiger partial charge on any atom is 0.345 e. The number of alkyl halides is 2. The van der Waals surface area contributed by atoms with E-state index in [0.717, 1.165) is 6.42 Å². The summed E-state index contributed by atoms with van der Waals surface area (Å²) >= 11 is 11.6. The number of hydrogen-bond donors (Lipinski definition) is 2. The first-order valence-corrected chi connectivity index (χ1v) is 10.5. The number of rotatable bonds is 9. The van der Waals surface area contributed by atoms with Crippen LogP contribution in [0.1, 0.15) is 18.4 Å². The van der Waals surface area contributed by atoms with Gasteiger partial charge in [-0.05, 0) is 18.4 Å². The molecule has 1 heterocycles. The van der Waals surface area contributed by atoms with Gasteiger partial charge in [-0.25, -0.2) is 14.6 Å². The van der Waals surface area contributed by atoms with Gasteiger partial charge < -0.3 is 4.52 Å². The summed E-state index contributed by atoms with van der Waals surface area (Å²) in [6.45, 7) is 0.726. The molecule has 0 saturated carbocycles. The van der Waals surface area contributed by atoms with Crippen LogP contribution in [0.15, 0.2) is 30.3 Å². The van der Waals surface area contributed by atoms with Crippen LogP contribution in [-0.2, 0) is 20.4 Å². The van der Waals surface area contributed by atoms with E-state index in [9.17, 15) is 4.57 Å². The molecule has 0 amide bonds. The topological polar surface area (TPSA) is 71.0 Å². The molecule has 1 fully saturated rings. The molecule has 136 valence electrons. The molecule has 1 aromatic rings. The minimum Gasteiger partial charge on any atom is -0.302 e. The molecule has 0 spiro atoms. The van der Waals surface area contributed by atoms with E-state index in [4.69, 9.17) is 33.0 Å². The molecule has 3 atom stereocenters. The molecule has 0 unspecified atom stereocenters. The SMILES string of the molecule is O=[P@]1(N(CCCl)CCCl)N[C@H](OO)C[C@@H](CCc2ccccc2)O1. The monoisotopic (exact) mass is 396 g/mol. The van der Waals surface area contributed by atoms with Crippen molar-refractivity contribution in [2.75, 3.05) is 24.8 Å². The van der Waals surface area contributed by atoms with Crippen LogP contribution in [0.3, 0.4) is 0 Å². The van der Waals surface area contributed by atoms with Crippen LogP contribution in [0.4, 0.5) is 0 Å². The summed E-state index contributed by atoms with van der Waals surface area (Å²) < 4.78 is 20.6. The third-order valence-electron chi connectivity index (χ3n) is 3.86. The average molecular weight is 397 g/mol. The number of halogens is 2. The van der Waals surface area contributed by atoms with Gasteiger partial charge in [0.2, 0.25) is 0 Å². The highest BCUT2D eigenvalue weighted by Gasteiger charge is 2.42. The van der Waals surface area contributed by atoms with Gasteiger partial charge >= 0.3 is 7.67 Å². The number of aryl methyl sites for hydroxylation is 1. The second-order valence-corrected chi connectivity index (χ2v) is 8.39. The molecule has 0 bridgehead atoms. The van der Waals surface area contributed by atoms with Crippen LogP contribution < -0.4 is 5.09 Å². The zero-order valence-electron chi connectivity index (χ0n) is 13.3. The van der Waals surface area contributed by atoms with Crippen molar-refractivity contribution in [3.8, 4) is 0 Å². The lowest BCUT2D eigenvalue weighted by atomic mass is 10.0. The minimum absolute atomic E-state index is 0.297. The van der Waals surface area contributed by atoms with Gasteiger partial charge in [-0.1, -0.05) is 30.3 Å². The molecule has 6 nitrogen and oxygen atoms in total. The van der Waals surface area contributed by atoms with Gasteiger partial charge in [0, 0.05) is 31.3 Å². The number of hydrogen-bond acceptors (Lipinski definition) is 4. The van der Waals surface area contributed by atoms with Crippen molar-refractivity contribution < 1.29 is 19.2 Å². The van der Waals surface area contributed by atoms with E-state index >= 15 is 0 Å². The zero-order valence-corrected chi connectivity index (χ0v) is 15.7. The number of nitrogens with one attached hydrogen (secondary N) is 1. The normalized spacial score (nSPS) is 27.5. The smallest absolute Gasteiger partial charge is 0.302 e. The predicted octanol–water partition coefficient (Wildman–Crippen LogP) is 3.70. The Hall–Kier alpha value is -0.170. The standard InChI is InChI=1S/C15H23Cl2N2O4P/c16-8-10-19(11-9-17)24(21)18-15(22-20)12-14(23-24)7-6-13-4-2-1-3-5-13/h1-5,14-15,20H,6-12H2,(H,18,21)/t14-,15-,24-/m1/s1. The minimum atomic E-state index is -3.38. The lowest BCUT2D eigenvalue weighted by molar-refractivity contribution is -0.289. The predicted molar refractivity (Wildman–Crippen MR) is 95.5 cm³/mol. The van der Waals surface area contributed by atoms with Crippen LogP contribution >= 0.6 is 30.9 Å². The first kappa shape index (κ1) is 20.1. The highest BCUT2D eigenvalue weighted by Crippen LogP contribution is 2.52. The van der Waals surface area contributed by atoms with Gasteiger partial charge in [0.05, 0.1) is 6.10 Å². The molecule has 1 saturated heterocycles. The van der Waals surface area contributed by atoms with E-state index in [1.165, 1.54) is 5.56 Å². The maximum atomic E-state index is 13.2. The number of benzene rings is 1. The third-order valence-corrected chi connectivity index (χ3v) is 6.54. The molecular formula is C15H23Cl2N2O4P. The molecule has 1 aliphatic rings. The van der Waals surface area contributed by atoms with Crippen molar-refractivity contribution in [3.63, 3.8) is 0 Å². The molecule has 0 aromatic heterocycles. The maximum absolute atomic E-state index is 13.2. The van der Waals surface area contributed by atoms with Gasteiger partial charge in [-0.15, -0.1) is 23.2 Å². The Bertz CT molecular complexity index is 531. The van der Waals surface area contributed by atoms with E-state index in [1.807, 2.05) is 30.3 Å². The molecule has 24 heavy (non-hydrogen) atoms. The summed E-state index contributed by atoms with van der Waals surface area (Å²) in [4.78, 5) is 4.42. The molecule has 9 heteroatoms.